The van der Waals surface area contributed by atoms with E-state index in [0.29, 0.717) is 12.0 Å². The number of ketones is 2. The number of likely N-dealkylation sites (N-methyl/N-ethyl adjacent to an activating group) is 1. The molecule has 0 heterocycles. The number of nitrogens with one attached hydrogen (secondary N) is 4. The summed E-state index contributed by atoms with van der Waals surface area (Å²) < 4.78 is 5.26. The van der Waals surface area contributed by atoms with E-state index in [9.17, 15) is 33.6 Å². The molecule has 1 aromatic carbocycles. The highest BCUT2D eigenvalue weighted by molar-refractivity contribution is 6.38. The van der Waals surface area contributed by atoms with E-state index in [1.165, 1.54) is 4.90 Å². The Morgan fingerprint density at radius 2 is 1.57 bits per heavy atom. The van der Waals surface area contributed by atoms with Crippen molar-refractivity contribution < 1.29 is 38.3 Å². The summed E-state index contributed by atoms with van der Waals surface area (Å²) >= 11 is 0. The first-order valence-electron chi connectivity index (χ1n) is 17.9. The Morgan fingerprint density at radius 3 is 2.12 bits per heavy atom. The number of fused-ring (bicyclic) bond motifs is 1. The summed E-state index contributed by atoms with van der Waals surface area (Å²) in [5.41, 5.74) is -0.303. The van der Waals surface area contributed by atoms with E-state index in [2.05, 4.69) is 35.1 Å². The molecule has 0 radical (unpaired) electrons. The van der Waals surface area contributed by atoms with E-state index < -0.39 is 71.5 Å². The standard InChI is InChI=1S/C38H55N5O8/c1-20(2)51-36(50)42-32(37(3,4)5)30(45)23-18-24-28(38(24,6)7)27(23)33(47)40-25(17-21-15-16-21)31(46)34(48)39-19-26(44)41-29(35(49)43(8)9)22-13-11-10-12-14-22/h10-14,20-21,23-25,27-29,32H,15-19H2,1-9H3,(H,39,48)(H,40,47)(H,41,44)(H,42,50)/t23?,24?,25?,27?,28?,29?,32-/m1/s1. The molecule has 3 aliphatic carbocycles. The van der Waals surface area contributed by atoms with Crippen molar-refractivity contribution in [1.82, 2.24) is 26.2 Å². The van der Waals surface area contributed by atoms with Crippen molar-refractivity contribution in [2.24, 2.45) is 40.4 Å². The number of rotatable bonds is 15. The molecule has 5 amide bonds. The normalized spacial score (nSPS) is 23.5. The number of alkyl carbamates (subject to hydrolysis) is 1. The maximum Gasteiger partial charge on any atom is 0.407 e. The highest BCUT2D eigenvalue weighted by atomic mass is 16.6. The van der Waals surface area contributed by atoms with Crippen LogP contribution >= 0.6 is 0 Å². The minimum absolute atomic E-state index is 0.105. The molecular formula is C38H55N5O8. The topological polar surface area (TPSA) is 180 Å². The van der Waals surface area contributed by atoms with Gasteiger partial charge in [-0.25, -0.2) is 4.79 Å². The molecule has 3 fully saturated rings. The third kappa shape index (κ3) is 9.53. The Balaban J connectivity index is 1.46. The summed E-state index contributed by atoms with van der Waals surface area (Å²) in [6, 6.07) is 5.62. The van der Waals surface area contributed by atoms with Gasteiger partial charge in [0.05, 0.1) is 30.7 Å². The monoisotopic (exact) mass is 709 g/mol. The van der Waals surface area contributed by atoms with Crippen LogP contribution in [0.15, 0.2) is 30.3 Å². The van der Waals surface area contributed by atoms with Crippen molar-refractivity contribution in [3.8, 4) is 0 Å². The Kier molecular flexibility index (Phi) is 12.0. The molecule has 0 aliphatic heterocycles. The first kappa shape index (κ1) is 39.5. The molecule has 0 bridgehead atoms. The fraction of sp³-hybridized carbons (Fsp3) is 0.658. The van der Waals surface area contributed by atoms with Crippen LogP contribution in [0.25, 0.3) is 0 Å². The van der Waals surface area contributed by atoms with Gasteiger partial charge in [0.25, 0.3) is 5.91 Å². The lowest BCUT2D eigenvalue weighted by Gasteiger charge is -2.35. The first-order chi connectivity index (χ1) is 23.7. The highest BCUT2D eigenvalue weighted by Gasteiger charge is 2.70. The number of amides is 5. The van der Waals surface area contributed by atoms with Crippen molar-refractivity contribution in [1.29, 1.82) is 0 Å². The molecule has 51 heavy (non-hydrogen) atoms. The zero-order valence-corrected chi connectivity index (χ0v) is 31.3. The van der Waals surface area contributed by atoms with Crippen molar-refractivity contribution >= 4 is 41.3 Å². The van der Waals surface area contributed by atoms with Gasteiger partial charge < -0.3 is 30.9 Å². The molecule has 0 saturated heterocycles. The minimum atomic E-state index is -1.14. The summed E-state index contributed by atoms with van der Waals surface area (Å²) in [5, 5.41) is 10.6. The molecule has 3 aliphatic rings. The van der Waals surface area contributed by atoms with Crippen LogP contribution in [0, 0.1) is 40.4 Å². The zero-order chi connectivity index (χ0) is 38.0. The van der Waals surface area contributed by atoms with Crippen molar-refractivity contribution in [3.63, 3.8) is 0 Å². The van der Waals surface area contributed by atoms with Gasteiger partial charge in [0.1, 0.15) is 6.04 Å². The van der Waals surface area contributed by atoms with Crippen LogP contribution < -0.4 is 21.3 Å². The second kappa shape index (κ2) is 15.5. The predicted octanol–water partition coefficient (Wildman–Crippen LogP) is 2.93. The number of benzene rings is 1. The molecule has 6 unspecified atom stereocenters. The lowest BCUT2D eigenvalue weighted by Crippen LogP contribution is -2.55. The number of carbonyl (C=O) groups is 7. The molecule has 3 saturated carbocycles. The number of hydrogen-bond acceptors (Lipinski definition) is 8. The van der Waals surface area contributed by atoms with Gasteiger partial charge in [-0.05, 0) is 60.8 Å². The first-order valence-corrected chi connectivity index (χ1v) is 17.9. The molecule has 4 rings (SSSR count). The van der Waals surface area contributed by atoms with Gasteiger partial charge >= 0.3 is 6.09 Å². The molecule has 13 nitrogen and oxygen atoms in total. The SMILES string of the molecule is CC(C)OC(=O)N[C@H](C(=O)C1CC2C(C1C(=O)NC(CC1CC1)C(=O)C(=O)NCC(=O)NC(C(=O)N(C)C)c1ccccc1)C2(C)C)C(C)(C)C. The molecular weight excluding hydrogens is 654 g/mol. The van der Waals surface area contributed by atoms with Crippen LogP contribution in [0.4, 0.5) is 4.79 Å². The zero-order valence-electron chi connectivity index (χ0n) is 31.3. The van der Waals surface area contributed by atoms with Gasteiger partial charge in [-0.15, -0.1) is 0 Å². The second-order valence-electron chi connectivity index (χ2n) is 16.6. The molecule has 13 heteroatoms. The van der Waals surface area contributed by atoms with E-state index in [4.69, 9.17) is 4.74 Å². The van der Waals surface area contributed by atoms with Gasteiger partial charge in [0.2, 0.25) is 23.5 Å². The van der Waals surface area contributed by atoms with Gasteiger partial charge in [-0.2, -0.15) is 0 Å². The highest BCUT2D eigenvalue weighted by Crippen LogP contribution is 2.71. The minimum Gasteiger partial charge on any atom is -0.447 e. The average molecular weight is 710 g/mol. The van der Waals surface area contributed by atoms with Crippen LogP contribution in [-0.4, -0.2) is 85.0 Å². The van der Waals surface area contributed by atoms with Crippen molar-refractivity contribution in [2.45, 2.75) is 98.4 Å². The van der Waals surface area contributed by atoms with E-state index in [1.54, 1.807) is 58.3 Å². The van der Waals surface area contributed by atoms with E-state index >= 15 is 0 Å². The number of ether oxygens (including phenoxy) is 1. The van der Waals surface area contributed by atoms with Crippen LogP contribution in [0.5, 0.6) is 0 Å². The number of Topliss-reactive ketones (excluding diaryl/α,β-unsaturated/α-hetero) is 2. The predicted molar refractivity (Wildman–Crippen MR) is 189 cm³/mol. The number of hydrogen-bond donors (Lipinski definition) is 4. The smallest absolute Gasteiger partial charge is 0.407 e. The summed E-state index contributed by atoms with van der Waals surface area (Å²) in [6.07, 6.45) is 1.35. The maximum absolute atomic E-state index is 14.2. The Hall–Kier alpha value is -4.29. The van der Waals surface area contributed by atoms with Crippen LogP contribution in [0.3, 0.4) is 0 Å². The van der Waals surface area contributed by atoms with E-state index in [0.717, 1.165) is 12.8 Å². The lowest BCUT2D eigenvalue weighted by molar-refractivity contribution is -0.142. The van der Waals surface area contributed by atoms with Crippen molar-refractivity contribution in [2.75, 3.05) is 20.6 Å². The number of carbonyl (C=O) groups excluding carboxylic acids is 7. The molecule has 0 spiro atoms. The second-order valence-corrected chi connectivity index (χ2v) is 16.6. The average Bonchev–Trinajstić information content (AvgIpc) is 3.90. The Morgan fingerprint density at radius 1 is 0.941 bits per heavy atom. The molecule has 4 N–H and O–H groups in total. The molecule has 7 atom stereocenters. The third-order valence-corrected chi connectivity index (χ3v) is 10.5. The Labute approximate surface area is 300 Å². The lowest BCUT2D eigenvalue weighted by atomic mass is 9.74. The fourth-order valence-electron chi connectivity index (χ4n) is 7.55. The fourth-order valence-corrected chi connectivity index (χ4v) is 7.55. The van der Waals surface area contributed by atoms with Crippen LogP contribution in [-0.2, 0) is 33.5 Å². The quantitative estimate of drug-likeness (QED) is 0.201. The van der Waals surface area contributed by atoms with Gasteiger partial charge in [-0.3, -0.25) is 28.8 Å². The Bertz CT molecular complexity index is 1510. The van der Waals surface area contributed by atoms with Crippen molar-refractivity contribution in [3.05, 3.63) is 35.9 Å². The van der Waals surface area contributed by atoms with E-state index in [1.807, 2.05) is 20.8 Å². The molecule has 280 valence electrons. The maximum atomic E-state index is 14.2. The third-order valence-electron chi connectivity index (χ3n) is 10.5. The number of nitrogens with zero attached hydrogens (tertiary/aromatic N) is 1. The van der Waals surface area contributed by atoms with Gasteiger partial charge in [-0.1, -0.05) is 77.8 Å². The van der Waals surface area contributed by atoms with Crippen LogP contribution in [0.2, 0.25) is 0 Å². The summed E-state index contributed by atoms with van der Waals surface area (Å²) in [5.74, 6) is -4.97. The molecule has 0 aromatic heterocycles. The summed E-state index contributed by atoms with van der Waals surface area (Å²) in [6.45, 7) is 12.5. The van der Waals surface area contributed by atoms with Crippen LogP contribution in [0.1, 0.15) is 85.8 Å². The van der Waals surface area contributed by atoms with Gasteiger partial charge in [0, 0.05) is 20.0 Å². The molecule has 1 aromatic rings. The van der Waals surface area contributed by atoms with E-state index in [-0.39, 0.29) is 47.4 Å². The summed E-state index contributed by atoms with van der Waals surface area (Å²) in [7, 11) is 3.13. The largest absolute Gasteiger partial charge is 0.447 e. The van der Waals surface area contributed by atoms with Gasteiger partial charge in [0.15, 0.2) is 5.78 Å². The summed E-state index contributed by atoms with van der Waals surface area (Å²) in [4.78, 5) is 94.7.